The van der Waals surface area contributed by atoms with Crippen molar-refractivity contribution < 1.29 is 8.78 Å². The lowest BCUT2D eigenvalue weighted by Crippen LogP contribution is -2.08. The van der Waals surface area contributed by atoms with Crippen LogP contribution >= 0.6 is 11.8 Å². The molecule has 0 saturated carbocycles. The number of benzene rings is 2. The van der Waals surface area contributed by atoms with E-state index in [1.165, 1.54) is 30.0 Å². The van der Waals surface area contributed by atoms with E-state index in [9.17, 15) is 8.78 Å². The van der Waals surface area contributed by atoms with Crippen molar-refractivity contribution in [2.75, 3.05) is 0 Å². The molecule has 0 radical (unpaired) electrons. The Bertz CT molecular complexity index is 792. The average molecular weight is 288 g/mol. The van der Waals surface area contributed by atoms with E-state index in [4.69, 9.17) is 0 Å². The van der Waals surface area contributed by atoms with Crippen molar-refractivity contribution in [2.45, 2.75) is 11.1 Å². The molecular formula is C15H10F2N2S. The summed E-state index contributed by atoms with van der Waals surface area (Å²) in [6.07, 6.45) is 0. The highest BCUT2D eigenvalue weighted by Gasteiger charge is 2.31. The minimum Gasteiger partial charge on any atom is -0.310 e. The Balaban J connectivity index is 1.97. The van der Waals surface area contributed by atoms with Gasteiger partial charge in [0.2, 0.25) is 0 Å². The molecule has 0 fully saturated rings. The molecule has 0 bridgehead atoms. The van der Waals surface area contributed by atoms with E-state index in [0.29, 0.717) is 5.75 Å². The standard InChI is InChI=1S/C15H10F2N2S/c16-9-4-3-5-10(17)14(9)15-19-12-7-2-1-6-11(12)18-13(19)8-20-15/h1-7,15H,8H2/t15-/m0/s1. The topological polar surface area (TPSA) is 17.8 Å². The van der Waals surface area contributed by atoms with Gasteiger partial charge in [-0.3, -0.25) is 0 Å². The summed E-state index contributed by atoms with van der Waals surface area (Å²) in [4.78, 5) is 4.53. The molecule has 100 valence electrons. The fraction of sp³-hybridized carbons (Fsp3) is 0.133. The maximum atomic E-state index is 14.0. The quantitative estimate of drug-likeness (QED) is 0.670. The Morgan fingerprint density at radius 1 is 1.05 bits per heavy atom. The molecule has 0 amide bonds. The van der Waals surface area contributed by atoms with Crippen molar-refractivity contribution in [3.63, 3.8) is 0 Å². The van der Waals surface area contributed by atoms with Crippen LogP contribution < -0.4 is 0 Å². The van der Waals surface area contributed by atoms with Gasteiger partial charge in [0.15, 0.2) is 0 Å². The molecule has 20 heavy (non-hydrogen) atoms. The molecule has 0 spiro atoms. The zero-order valence-electron chi connectivity index (χ0n) is 10.4. The largest absolute Gasteiger partial charge is 0.310 e. The summed E-state index contributed by atoms with van der Waals surface area (Å²) in [7, 11) is 0. The number of hydrogen-bond acceptors (Lipinski definition) is 2. The zero-order chi connectivity index (χ0) is 13.7. The van der Waals surface area contributed by atoms with Crippen molar-refractivity contribution in [1.82, 2.24) is 9.55 Å². The summed E-state index contributed by atoms with van der Waals surface area (Å²) in [6.45, 7) is 0. The molecule has 2 nitrogen and oxygen atoms in total. The van der Waals surface area contributed by atoms with Gasteiger partial charge < -0.3 is 4.57 Å². The van der Waals surface area contributed by atoms with Crippen LogP contribution in [-0.2, 0) is 5.75 Å². The lowest BCUT2D eigenvalue weighted by molar-refractivity contribution is 0.544. The zero-order valence-corrected chi connectivity index (χ0v) is 11.2. The Kier molecular flexibility index (Phi) is 2.57. The molecular weight excluding hydrogens is 278 g/mol. The van der Waals surface area contributed by atoms with E-state index >= 15 is 0 Å². The molecule has 1 atom stereocenters. The van der Waals surface area contributed by atoms with Crippen LogP contribution in [0, 0.1) is 11.6 Å². The van der Waals surface area contributed by atoms with Crippen molar-refractivity contribution in [1.29, 1.82) is 0 Å². The van der Waals surface area contributed by atoms with Gasteiger partial charge in [0.25, 0.3) is 0 Å². The molecule has 4 rings (SSSR count). The van der Waals surface area contributed by atoms with E-state index in [2.05, 4.69) is 4.98 Å². The van der Waals surface area contributed by atoms with Gasteiger partial charge in [0.1, 0.15) is 22.8 Å². The molecule has 2 aromatic carbocycles. The highest BCUT2D eigenvalue weighted by Crippen LogP contribution is 2.44. The number of imidazole rings is 1. The third-order valence-electron chi connectivity index (χ3n) is 3.52. The maximum Gasteiger partial charge on any atom is 0.132 e. The Morgan fingerprint density at radius 2 is 1.80 bits per heavy atom. The summed E-state index contributed by atoms with van der Waals surface area (Å²) >= 11 is 1.49. The number of rotatable bonds is 1. The minimum absolute atomic E-state index is 0.111. The summed E-state index contributed by atoms with van der Waals surface area (Å²) < 4.78 is 30.0. The van der Waals surface area contributed by atoms with Crippen molar-refractivity contribution in [2.24, 2.45) is 0 Å². The van der Waals surface area contributed by atoms with Crippen LogP contribution in [0.3, 0.4) is 0 Å². The smallest absolute Gasteiger partial charge is 0.132 e. The molecule has 2 heterocycles. The SMILES string of the molecule is Fc1cccc(F)c1[C@@H]1SCc2nc3ccccc3n21. The van der Waals surface area contributed by atoms with Gasteiger partial charge in [-0.2, -0.15) is 0 Å². The second-order valence-electron chi connectivity index (χ2n) is 4.69. The molecule has 1 aromatic heterocycles. The molecule has 0 saturated heterocycles. The highest BCUT2D eigenvalue weighted by molar-refractivity contribution is 7.99. The first-order chi connectivity index (χ1) is 9.75. The summed E-state index contributed by atoms with van der Waals surface area (Å²) in [5.74, 6) is 0.512. The minimum atomic E-state index is -0.506. The van der Waals surface area contributed by atoms with Crippen LogP contribution in [0.5, 0.6) is 0 Å². The molecule has 0 aliphatic carbocycles. The number of aromatic nitrogens is 2. The third kappa shape index (κ3) is 1.59. The van der Waals surface area contributed by atoms with E-state index < -0.39 is 17.0 Å². The molecule has 0 unspecified atom stereocenters. The molecule has 1 aliphatic heterocycles. The van der Waals surface area contributed by atoms with Gasteiger partial charge in [-0.1, -0.05) is 18.2 Å². The monoisotopic (exact) mass is 288 g/mol. The van der Waals surface area contributed by atoms with Gasteiger partial charge in [0, 0.05) is 0 Å². The number of nitrogens with zero attached hydrogens (tertiary/aromatic N) is 2. The normalized spacial score (nSPS) is 17.6. The Morgan fingerprint density at radius 3 is 2.60 bits per heavy atom. The lowest BCUT2D eigenvalue weighted by atomic mass is 10.2. The number of fused-ring (bicyclic) bond motifs is 3. The second-order valence-corrected chi connectivity index (χ2v) is 5.75. The van der Waals surface area contributed by atoms with Crippen LogP contribution in [0.1, 0.15) is 16.8 Å². The lowest BCUT2D eigenvalue weighted by Gasteiger charge is -2.15. The fourth-order valence-electron chi connectivity index (χ4n) is 2.64. The predicted molar refractivity (Wildman–Crippen MR) is 75.5 cm³/mol. The highest BCUT2D eigenvalue weighted by atomic mass is 32.2. The summed E-state index contributed by atoms with van der Waals surface area (Å²) in [5, 5.41) is -0.390. The van der Waals surface area contributed by atoms with Crippen LogP contribution in [0.4, 0.5) is 8.78 Å². The fourth-order valence-corrected chi connectivity index (χ4v) is 3.93. The van der Waals surface area contributed by atoms with E-state index in [0.717, 1.165) is 16.9 Å². The van der Waals surface area contributed by atoms with Gasteiger partial charge in [-0.25, -0.2) is 13.8 Å². The van der Waals surface area contributed by atoms with E-state index in [1.54, 1.807) is 0 Å². The van der Waals surface area contributed by atoms with Crippen LogP contribution in [0.15, 0.2) is 42.5 Å². The van der Waals surface area contributed by atoms with Gasteiger partial charge in [0.05, 0.1) is 22.3 Å². The van der Waals surface area contributed by atoms with Crippen molar-refractivity contribution >= 4 is 22.8 Å². The summed E-state index contributed by atoms with van der Waals surface area (Å²) in [5.41, 5.74) is 1.89. The number of hydrogen-bond donors (Lipinski definition) is 0. The van der Waals surface area contributed by atoms with Gasteiger partial charge in [-0.15, -0.1) is 11.8 Å². The van der Waals surface area contributed by atoms with Crippen molar-refractivity contribution in [3.8, 4) is 0 Å². The second kappa shape index (κ2) is 4.31. The Labute approximate surface area is 118 Å². The van der Waals surface area contributed by atoms with Crippen molar-refractivity contribution in [3.05, 3.63) is 65.5 Å². The van der Waals surface area contributed by atoms with E-state index in [1.807, 2.05) is 28.8 Å². The molecule has 1 aliphatic rings. The van der Waals surface area contributed by atoms with Crippen LogP contribution in [-0.4, -0.2) is 9.55 Å². The van der Waals surface area contributed by atoms with Gasteiger partial charge >= 0.3 is 0 Å². The molecule has 5 heteroatoms. The Hall–Kier alpha value is -1.88. The average Bonchev–Trinajstić information content (AvgIpc) is 2.98. The predicted octanol–water partition coefficient (Wildman–Crippen LogP) is 4.11. The first-order valence-corrected chi connectivity index (χ1v) is 7.32. The third-order valence-corrected chi connectivity index (χ3v) is 4.71. The number of thioether (sulfide) groups is 1. The molecule has 0 N–H and O–H groups in total. The number of halogens is 2. The van der Waals surface area contributed by atoms with E-state index in [-0.39, 0.29) is 5.56 Å². The van der Waals surface area contributed by atoms with Gasteiger partial charge in [-0.05, 0) is 24.3 Å². The number of para-hydroxylation sites is 2. The van der Waals surface area contributed by atoms with Crippen LogP contribution in [0.25, 0.3) is 11.0 Å². The first-order valence-electron chi connectivity index (χ1n) is 6.27. The maximum absolute atomic E-state index is 14.0. The molecule has 3 aromatic rings. The summed E-state index contributed by atoms with van der Waals surface area (Å²) in [6, 6.07) is 11.7. The first kappa shape index (κ1) is 11.9. The van der Waals surface area contributed by atoms with Crippen LogP contribution in [0.2, 0.25) is 0 Å².